The first-order valence-corrected chi connectivity index (χ1v) is 8.90. The lowest BCUT2D eigenvalue weighted by Gasteiger charge is -2.08. The molecular formula is C12H20N2O2S2. The third-order valence-electron chi connectivity index (χ3n) is 2.22. The van der Waals surface area contributed by atoms with Crippen LogP contribution in [0, 0.1) is 0 Å². The molecule has 0 aromatic carbocycles. The van der Waals surface area contributed by atoms with Crippen LogP contribution in [-0.2, 0) is 16.4 Å². The van der Waals surface area contributed by atoms with E-state index < -0.39 is 9.84 Å². The second-order valence-corrected chi connectivity index (χ2v) is 7.89. The van der Waals surface area contributed by atoms with Gasteiger partial charge in [-0.25, -0.2) is 13.4 Å². The Balaban J connectivity index is 2.40. The molecule has 1 aromatic heterocycles. The van der Waals surface area contributed by atoms with Crippen LogP contribution in [-0.4, -0.2) is 37.2 Å². The number of nitrogens with zero attached hydrogens (tertiary/aromatic N) is 1. The molecule has 0 aliphatic carbocycles. The molecule has 0 saturated carbocycles. The fourth-order valence-electron chi connectivity index (χ4n) is 1.22. The first kappa shape index (κ1) is 15.5. The van der Waals surface area contributed by atoms with Crippen LogP contribution >= 0.6 is 11.8 Å². The zero-order valence-corrected chi connectivity index (χ0v) is 12.6. The number of pyridine rings is 1. The van der Waals surface area contributed by atoms with Gasteiger partial charge in [-0.15, -0.1) is 11.8 Å². The van der Waals surface area contributed by atoms with Crippen molar-refractivity contribution < 1.29 is 8.42 Å². The minimum Gasteiger partial charge on any atom is -0.310 e. The second kappa shape index (κ2) is 7.11. The summed E-state index contributed by atoms with van der Waals surface area (Å²) in [5.41, 5.74) is 1.14. The summed E-state index contributed by atoms with van der Waals surface area (Å²) >= 11 is 1.47. The lowest BCUT2D eigenvalue weighted by molar-refractivity contribution is 0.587. The summed E-state index contributed by atoms with van der Waals surface area (Å²) in [5, 5.41) is 4.19. The molecule has 0 radical (unpaired) electrons. The van der Waals surface area contributed by atoms with Crippen LogP contribution < -0.4 is 5.32 Å². The molecule has 0 atom stereocenters. The number of rotatable bonds is 7. The van der Waals surface area contributed by atoms with Gasteiger partial charge in [0, 0.05) is 30.8 Å². The summed E-state index contributed by atoms with van der Waals surface area (Å²) in [6.07, 6.45) is 3.08. The Morgan fingerprint density at radius 1 is 1.39 bits per heavy atom. The van der Waals surface area contributed by atoms with Gasteiger partial charge < -0.3 is 5.32 Å². The largest absolute Gasteiger partial charge is 0.310 e. The first-order valence-electron chi connectivity index (χ1n) is 5.85. The highest BCUT2D eigenvalue weighted by atomic mass is 32.2. The number of thioether (sulfide) groups is 1. The highest BCUT2D eigenvalue weighted by Gasteiger charge is 2.03. The van der Waals surface area contributed by atoms with Crippen molar-refractivity contribution in [1.82, 2.24) is 10.3 Å². The van der Waals surface area contributed by atoms with Gasteiger partial charge in [-0.2, -0.15) is 0 Å². The van der Waals surface area contributed by atoms with Crippen LogP contribution in [0.15, 0.2) is 23.4 Å². The van der Waals surface area contributed by atoms with E-state index in [-0.39, 0.29) is 5.75 Å². The molecular weight excluding hydrogens is 268 g/mol. The highest BCUT2D eigenvalue weighted by molar-refractivity contribution is 8.00. The SMILES string of the molecule is CC(C)NCc1ccc(SCCS(C)(=O)=O)nc1. The molecule has 102 valence electrons. The zero-order chi connectivity index (χ0) is 13.6. The van der Waals surface area contributed by atoms with Crippen molar-refractivity contribution in [2.24, 2.45) is 0 Å². The van der Waals surface area contributed by atoms with Crippen LogP contribution in [0.4, 0.5) is 0 Å². The standard InChI is InChI=1S/C12H20N2O2S2/c1-10(2)13-8-11-4-5-12(14-9-11)17-6-7-18(3,15)16/h4-5,9-10,13H,6-8H2,1-3H3. The third-order valence-corrected chi connectivity index (χ3v) is 4.37. The maximum atomic E-state index is 11.0. The van der Waals surface area contributed by atoms with Crippen molar-refractivity contribution in [3.05, 3.63) is 23.9 Å². The predicted octanol–water partition coefficient (Wildman–Crippen LogP) is 1.72. The first-order chi connectivity index (χ1) is 8.37. The zero-order valence-electron chi connectivity index (χ0n) is 11.0. The molecule has 0 aliphatic heterocycles. The summed E-state index contributed by atoms with van der Waals surface area (Å²) in [6.45, 7) is 5.00. The van der Waals surface area contributed by atoms with Gasteiger partial charge >= 0.3 is 0 Å². The van der Waals surface area contributed by atoms with Gasteiger partial charge in [0.2, 0.25) is 0 Å². The maximum absolute atomic E-state index is 11.0. The van der Waals surface area contributed by atoms with Gasteiger partial charge in [0.05, 0.1) is 10.8 Å². The molecule has 0 aliphatic rings. The summed E-state index contributed by atoms with van der Waals surface area (Å²) in [5.74, 6) is 0.741. The molecule has 1 heterocycles. The van der Waals surface area contributed by atoms with Gasteiger partial charge in [-0.1, -0.05) is 19.9 Å². The third kappa shape index (κ3) is 6.98. The smallest absolute Gasteiger partial charge is 0.148 e. The van der Waals surface area contributed by atoms with Crippen molar-refractivity contribution in [2.75, 3.05) is 17.8 Å². The second-order valence-electron chi connectivity index (χ2n) is 4.52. The normalized spacial score (nSPS) is 12.0. The molecule has 0 amide bonds. The van der Waals surface area contributed by atoms with E-state index in [1.807, 2.05) is 18.3 Å². The van der Waals surface area contributed by atoms with E-state index in [0.29, 0.717) is 11.8 Å². The van der Waals surface area contributed by atoms with Gasteiger partial charge in [0.25, 0.3) is 0 Å². The van der Waals surface area contributed by atoms with E-state index in [9.17, 15) is 8.42 Å². The minimum absolute atomic E-state index is 0.190. The molecule has 0 bridgehead atoms. The van der Waals surface area contributed by atoms with Crippen LogP contribution in [0.2, 0.25) is 0 Å². The van der Waals surface area contributed by atoms with Crippen LogP contribution in [0.25, 0.3) is 0 Å². The molecule has 0 spiro atoms. The Labute approximate surface area is 114 Å². The van der Waals surface area contributed by atoms with E-state index in [1.165, 1.54) is 18.0 Å². The Kier molecular flexibility index (Phi) is 6.11. The number of hydrogen-bond donors (Lipinski definition) is 1. The molecule has 4 nitrogen and oxygen atoms in total. The van der Waals surface area contributed by atoms with Crippen LogP contribution in [0.1, 0.15) is 19.4 Å². The average molecular weight is 288 g/mol. The van der Waals surface area contributed by atoms with Gasteiger partial charge in [-0.3, -0.25) is 0 Å². The molecule has 6 heteroatoms. The molecule has 0 unspecified atom stereocenters. The summed E-state index contributed by atoms with van der Waals surface area (Å²) < 4.78 is 22.0. The summed E-state index contributed by atoms with van der Waals surface area (Å²) in [7, 11) is -2.88. The van der Waals surface area contributed by atoms with Crippen molar-refractivity contribution in [2.45, 2.75) is 31.5 Å². The Bertz CT molecular complexity index is 455. The highest BCUT2D eigenvalue weighted by Crippen LogP contribution is 2.15. The molecule has 1 aromatic rings. The summed E-state index contributed by atoms with van der Waals surface area (Å²) in [4.78, 5) is 4.30. The fraction of sp³-hybridized carbons (Fsp3) is 0.583. The molecule has 18 heavy (non-hydrogen) atoms. The van der Waals surface area contributed by atoms with Crippen LogP contribution in [0.5, 0.6) is 0 Å². The molecule has 1 N–H and O–H groups in total. The average Bonchev–Trinajstić information content (AvgIpc) is 2.26. The lowest BCUT2D eigenvalue weighted by atomic mass is 10.2. The van der Waals surface area contributed by atoms with Crippen molar-refractivity contribution in [3.8, 4) is 0 Å². The van der Waals surface area contributed by atoms with Crippen molar-refractivity contribution in [1.29, 1.82) is 0 Å². The van der Waals surface area contributed by atoms with E-state index in [1.54, 1.807) is 0 Å². The minimum atomic E-state index is -2.88. The summed E-state index contributed by atoms with van der Waals surface area (Å²) in [6, 6.07) is 4.41. The number of nitrogens with one attached hydrogen (secondary N) is 1. The Morgan fingerprint density at radius 3 is 2.61 bits per heavy atom. The number of aromatic nitrogens is 1. The molecule has 0 fully saturated rings. The topological polar surface area (TPSA) is 59.1 Å². The van der Waals surface area contributed by atoms with Gasteiger partial charge in [0.15, 0.2) is 0 Å². The Hall–Kier alpha value is -0.590. The van der Waals surface area contributed by atoms with Gasteiger partial charge in [-0.05, 0) is 11.6 Å². The van der Waals surface area contributed by atoms with E-state index in [2.05, 4.69) is 24.1 Å². The van der Waals surface area contributed by atoms with E-state index in [0.717, 1.165) is 17.1 Å². The molecule has 1 rings (SSSR count). The van der Waals surface area contributed by atoms with Gasteiger partial charge in [0.1, 0.15) is 9.84 Å². The van der Waals surface area contributed by atoms with E-state index in [4.69, 9.17) is 0 Å². The van der Waals surface area contributed by atoms with Crippen molar-refractivity contribution >= 4 is 21.6 Å². The number of sulfone groups is 1. The monoisotopic (exact) mass is 288 g/mol. The number of hydrogen-bond acceptors (Lipinski definition) is 5. The Morgan fingerprint density at radius 2 is 2.11 bits per heavy atom. The predicted molar refractivity (Wildman–Crippen MR) is 76.6 cm³/mol. The van der Waals surface area contributed by atoms with Crippen molar-refractivity contribution in [3.63, 3.8) is 0 Å². The van der Waals surface area contributed by atoms with Crippen LogP contribution in [0.3, 0.4) is 0 Å². The fourth-order valence-corrected chi connectivity index (χ4v) is 3.27. The van der Waals surface area contributed by atoms with E-state index >= 15 is 0 Å². The maximum Gasteiger partial charge on any atom is 0.148 e. The lowest BCUT2D eigenvalue weighted by Crippen LogP contribution is -2.21. The quantitative estimate of drug-likeness (QED) is 0.774. The molecule has 0 saturated heterocycles.